The second-order valence-corrected chi connectivity index (χ2v) is 4.23. The molecule has 0 spiro atoms. The lowest BCUT2D eigenvalue weighted by atomic mass is 9.97. The quantitative estimate of drug-likeness (QED) is 0.594. The number of rotatable bonds is 7. The Morgan fingerprint density at radius 3 is 2.41 bits per heavy atom. The van der Waals surface area contributed by atoms with E-state index in [1.54, 1.807) is 0 Å². The number of carboxylic acid groups (broad SMARTS) is 1. The normalized spacial score (nSPS) is 16.8. The van der Waals surface area contributed by atoms with Crippen molar-refractivity contribution in [3.63, 3.8) is 0 Å². The van der Waals surface area contributed by atoms with E-state index in [1.165, 1.54) is 6.92 Å². The maximum atomic E-state index is 10.6. The molecule has 0 bridgehead atoms. The van der Waals surface area contributed by atoms with Crippen LogP contribution in [0.15, 0.2) is 23.3 Å². The summed E-state index contributed by atoms with van der Waals surface area (Å²) < 4.78 is 0. The van der Waals surface area contributed by atoms with Crippen molar-refractivity contribution in [2.45, 2.75) is 39.7 Å². The first kappa shape index (κ1) is 15.9. The Labute approximate surface area is 102 Å². The third-order valence-corrected chi connectivity index (χ3v) is 2.82. The highest BCUT2D eigenvalue weighted by molar-refractivity contribution is 5.70. The van der Waals surface area contributed by atoms with Gasteiger partial charge in [0.25, 0.3) is 0 Å². The molecule has 0 heterocycles. The zero-order chi connectivity index (χ0) is 13.4. The number of aliphatic carboxylic acids is 1. The van der Waals surface area contributed by atoms with Crippen LogP contribution in [0.5, 0.6) is 0 Å². The van der Waals surface area contributed by atoms with E-state index < -0.39 is 18.0 Å². The van der Waals surface area contributed by atoms with E-state index in [0.29, 0.717) is 12.8 Å². The minimum absolute atomic E-state index is 0.0701. The molecule has 3 N–H and O–H groups in total. The standard InChI is InChI=1S/C13H22O4/c1-4-9(2)7-11(8-14)5-6-12(15)10(3)13(16)17/h4,7,10,12,14-15H,5-6,8H2,1-3H3,(H,16,17)/b9-4+,11-7-. The van der Waals surface area contributed by atoms with Crippen LogP contribution < -0.4 is 0 Å². The smallest absolute Gasteiger partial charge is 0.308 e. The van der Waals surface area contributed by atoms with E-state index in [-0.39, 0.29) is 6.61 Å². The Hall–Kier alpha value is -1.13. The lowest BCUT2D eigenvalue weighted by molar-refractivity contribution is -0.144. The van der Waals surface area contributed by atoms with E-state index in [2.05, 4.69) is 0 Å². The van der Waals surface area contributed by atoms with Gasteiger partial charge in [-0.15, -0.1) is 0 Å². The molecule has 4 heteroatoms. The van der Waals surface area contributed by atoms with Gasteiger partial charge >= 0.3 is 5.97 Å². The molecule has 0 aromatic carbocycles. The average Bonchev–Trinajstić information content (AvgIpc) is 2.32. The number of aliphatic hydroxyl groups is 2. The third kappa shape index (κ3) is 6.24. The second kappa shape index (κ2) is 8.03. The molecule has 2 atom stereocenters. The Morgan fingerprint density at radius 2 is 2.00 bits per heavy atom. The molecule has 0 aliphatic carbocycles. The zero-order valence-electron chi connectivity index (χ0n) is 10.7. The molecule has 0 saturated carbocycles. The minimum Gasteiger partial charge on any atom is -0.481 e. The molecule has 2 unspecified atom stereocenters. The molecule has 4 nitrogen and oxygen atoms in total. The lowest BCUT2D eigenvalue weighted by Gasteiger charge is -2.15. The average molecular weight is 242 g/mol. The number of carboxylic acids is 1. The fraction of sp³-hybridized carbons (Fsp3) is 0.615. The van der Waals surface area contributed by atoms with Crippen LogP contribution in [0.25, 0.3) is 0 Å². The summed E-state index contributed by atoms with van der Waals surface area (Å²) in [5, 5.41) is 27.5. The summed E-state index contributed by atoms with van der Waals surface area (Å²) >= 11 is 0. The fourth-order valence-corrected chi connectivity index (χ4v) is 1.35. The summed E-state index contributed by atoms with van der Waals surface area (Å²) in [7, 11) is 0. The van der Waals surface area contributed by atoms with Crippen molar-refractivity contribution in [2.24, 2.45) is 5.92 Å². The molecule has 0 aromatic heterocycles. The number of hydrogen-bond donors (Lipinski definition) is 3. The molecule has 0 rings (SSSR count). The molecule has 98 valence electrons. The zero-order valence-corrected chi connectivity index (χ0v) is 10.7. The molecule has 0 fully saturated rings. The Kier molecular flexibility index (Phi) is 7.50. The minimum atomic E-state index is -1.00. The van der Waals surface area contributed by atoms with Crippen molar-refractivity contribution in [3.05, 3.63) is 23.3 Å². The van der Waals surface area contributed by atoms with Crippen LogP contribution in [0.4, 0.5) is 0 Å². The topological polar surface area (TPSA) is 77.8 Å². The highest BCUT2D eigenvalue weighted by Crippen LogP contribution is 2.15. The van der Waals surface area contributed by atoms with Gasteiger partial charge in [0.2, 0.25) is 0 Å². The molecule has 0 aromatic rings. The van der Waals surface area contributed by atoms with Crippen molar-refractivity contribution < 1.29 is 20.1 Å². The summed E-state index contributed by atoms with van der Waals surface area (Å²) in [6, 6.07) is 0. The predicted molar refractivity (Wildman–Crippen MR) is 66.6 cm³/mol. The third-order valence-electron chi connectivity index (χ3n) is 2.82. The molecular weight excluding hydrogens is 220 g/mol. The Morgan fingerprint density at radius 1 is 1.41 bits per heavy atom. The van der Waals surface area contributed by atoms with Gasteiger partial charge in [-0.2, -0.15) is 0 Å². The molecule has 0 aliphatic rings. The van der Waals surface area contributed by atoms with E-state index >= 15 is 0 Å². The lowest BCUT2D eigenvalue weighted by Crippen LogP contribution is -2.25. The van der Waals surface area contributed by atoms with Crippen LogP contribution in [0.1, 0.15) is 33.6 Å². The first-order valence-electron chi connectivity index (χ1n) is 5.76. The highest BCUT2D eigenvalue weighted by Gasteiger charge is 2.20. The van der Waals surface area contributed by atoms with Crippen LogP contribution in [-0.4, -0.2) is 34.0 Å². The SMILES string of the molecule is C/C=C(C)/C=C(\CO)CCC(O)C(C)C(=O)O. The number of allylic oxidation sites excluding steroid dienone is 3. The molecule has 0 saturated heterocycles. The van der Waals surface area contributed by atoms with Crippen LogP contribution >= 0.6 is 0 Å². The first-order chi connectivity index (χ1) is 7.92. The van der Waals surface area contributed by atoms with Gasteiger partial charge in [0, 0.05) is 0 Å². The fourth-order valence-electron chi connectivity index (χ4n) is 1.35. The molecule has 0 radical (unpaired) electrons. The van der Waals surface area contributed by atoms with Crippen molar-refractivity contribution >= 4 is 5.97 Å². The van der Waals surface area contributed by atoms with Crippen LogP contribution in [0.2, 0.25) is 0 Å². The van der Waals surface area contributed by atoms with Gasteiger partial charge in [0.05, 0.1) is 18.6 Å². The van der Waals surface area contributed by atoms with Crippen molar-refractivity contribution in [1.29, 1.82) is 0 Å². The van der Waals surface area contributed by atoms with Gasteiger partial charge in [0.15, 0.2) is 0 Å². The van der Waals surface area contributed by atoms with Gasteiger partial charge in [0.1, 0.15) is 0 Å². The van der Waals surface area contributed by atoms with Crippen molar-refractivity contribution in [2.75, 3.05) is 6.61 Å². The van der Waals surface area contributed by atoms with Crippen LogP contribution in [0.3, 0.4) is 0 Å². The Balaban J connectivity index is 4.34. The molecule has 17 heavy (non-hydrogen) atoms. The van der Waals surface area contributed by atoms with E-state index in [4.69, 9.17) is 10.2 Å². The summed E-state index contributed by atoms with van der Waals surface area (Å²) in [6.45, 7) is 5.24. The number of carbonyl (C=O) groups is 1. The second-order valence-electron chi connectivity index (χ2n) is 4.23. The molecular formula is C13H22O4. The number of aliphatic hydroxyl groups excluding tert-OH is 2. The first-order valence-corrected chi connectivity index (χ1v) is 5.76. The summed E-state index contributed by atoms with van der Waals surface area (Å²) in [4.78, 5) is 10.6. The largest absolute Gasteiger partial charge is 0.481 e. The summed E-state index contributed by atoms with van der Waals surface area (Å²) in [5.41, 5.74) is 1.84. The van der Waals surface area contributed by atoms with Crippen molar-refractivity contribution in [3.8, 4) is 0 Å². The van der Waals surface area contributed by atoms with Gasteiger partial charge in [-0.25, -0.2) is 0 Å². The highest BCUT2D eigenvalue weighted by atomic mass is 16.4. The van der Waals surface area contributed by atoms with Crippen LogP contribution in [0, 0.1) is 5.92 Å². The van der Waals surface area contributed by atoms with Gasteiger partial charge in [-0.1, -0.05) is 17.7 Å². The summed E-state index contributed by atoms with van der Waals surface area (Å²) in [6.07, 6.45) is 3.75. The monoisotopic (exact) mass is 242 g/mol. The molecule has 0 amide bonds. The van der Waals surface area contributed by atoms with E-state index in [1.807, 2.05) is 26.0 Å². The maximum Gasteiger partial charge on any atom is 0.308 e. The predicted octanol–water partition coefficient (Wildman–Crippen LogP) is 1.73. The summed E-state index contributed by atoms with van der Waals surface area (Å²) in [5.74, 6) is -1.78. The van der Waals surface area contributed by atoms with Gasteiger partial charge in [-0.05, 0) is 39.2 Å². The molecule has 0 aliphatic heterocycles. The van der Waals surface area contributed by atoms with E-state index in [9.17, 15) is 9.90 Å². The van der Waals surface area contributed by atoms with Crippen molar-refractivity contribution in [1.82, 2.24) is 0 Å². The van der Waals surface area contributed by atoms with Gasteiger partial charge < -0.3 is 15.3 Å². The Bertz CT molecular complexity index is 305. The van der Waals surface area contributed by atoms with Crippen LogP contribution in [-0.2, 0) is 4.79 Å². The number of hydrogen-bond acceptors (Lipinski definition) is 3. The maximum absolute atomic E-state index is 10.6. The van der Waals surface area contributed by atoms with E-state index in [0.717, 1.165) is 11.1 Å². The van der Waals surface area contributed by atoms with Gasteiger partial charge in [-0.3, -0.25) is 4.79 Å².